The van der Waals surface area contributed by atoms with Crippen molar-refractivity contribution in [3.8, 4) is 0 Å². The van der Waals surface area contributed by atoms with Gasteiger partial charge in [0.2, 0.25) is 0 Å². The van der Waals surface area contributed by atoms with E-state index >= 15 is 0 Å². The fraction of sp³-hybridized carbons (Fsp3) is 0.500. The number of hydrogen-bond donors (Lipinski definition) is 1. The quantitative estimate of drug-likeness (QED) is 0.826. The fourth-order valence-corrected chi connectivity index (χ4v) is 2.20. The van der Waals surface area contributed by atoms with Gasteiger partial charge in [0.15, 0.2) is 0 Å². The second-order valence-corrected chi connectivity index (χ2v) is 4.56. The molecule has 2 rings (SSSR count). The number of aromatic nitrogens is 4. The number of pyridine rings is 1. The second kappa shape index (κ2) is 6.99. The van der Waals surface area contributed by atoms with E-state index in [9.17, 15) is 0 Å². The number of nitrogens with zero attached hydrogens (tertiary/aromatic N) is 4. The number of aryl methyl sites for hydroxylation is 1. The van der Waals surface area contributed by atoms with E-state index in [2.05, 4.69) is 40.5 Å². The van der Waals surface area contributed by atoms with Crippen LogP contribution in [0.3, 0.4) is 0 Å². The lowest BCUT2D eigenvalue weighted by molar-refractivity contribution is 0.473. The third-order valence-corrected chi connectivity index (χ3v) is 3.05. The molecule has 0 saturated carbocycles. The standard InChI is InChI=1S/C14H21N5/c1-3-8-19-14(11-17-18-19)13(16-4-2)9-12-6-5-7-15-10-12/h5-7,10-11,13,16H,3-4,8-9H2,1-2H3. The molecule has 5 heteroatoms. The first-order chi connectivity index (χ1) is 9.35. The van der Waals surface area contributed by atoms with Crippen LogP contribution in [0.5, 0.6) is 0 Å². The molecule has 0 spiro atoms. The minimum atomic E-state index is 0.232. The summed E-state index contributed by atoms with van der Waals surface area (Å²) in [6.07, 6.45) is 7.53. The van der Waals surface area contributed by atoms with Crippen LogP contribution in [0.2, 0.25) is 0 Å². The molecule has 2 aromatic heterocycles. The zero-order valence-corrected chi connectivity index (χ0v) is 11.6. The Kier molecular flexibility index (Phi) is 5.03. The van der Waals surface area contributed by atoms with E-state index in [-0.39, 0.29) is 6.04 Å². The molecule has 1 atom stereocenters. The van der Waals surface area contributed by atoms with Gasteiger partial charge < -0.3 is 5.32 Å². The maximum Gasteiger partial charge on any atom is 0.0759 e. The van der Waals surface area contributed by atoms with Gasteiger partial charge in [-0.1, -0.05) is 25.1 Å². The predicted molar refractivity (Wildman–Crippen MR) is 74.7 cm³/mol. The van der Waals surface area contributed by atoms with E-state index in [1.165, 1.54) is 5.56 Å². The van der Waals surface area contributed by atoms with Crippen LogP contribution in [0.4, 0.5) is 0 Å². The van der Waals surface area contributed by atoms with Crippen molar-refractivity contribution in [1.82, 2.24) is 25.3 Å². The van der Waals surface area contributed by atoms with E-state index in [0.29, 0.717) is 0 Å². The summed E-state index contributed by atoms with van der Waals surface area (Å²) in [7, 11) is 0. The Labute approximate surface area is 114 Å². The molecule has 1 N–H and O–H groups in total. The average Bonchev–Trinajstić information content (AvgIpc) is 2.88. The van der Waals surface area contributed by atoms with Crippen LogP contribution in [0, 0.1) is 0 Å². The molecule has 0 aliphatic carbocycles. The molecule has 0 aliphatic rings. The molecule has 0 fully saturated rings. The van der Waals surface area contributed by atoms with Gasteiger partial charge in [-0.15, -0.1) is 5.10 Å². The Balaban J connectivity index is 2.17. The van der Waals surface area contributed by atoms with Crippen molar-refractivity contribution in [3.05, 3.63) is 42.0 Å². The Morgan fingerprint density at radius 1 is 1.32 bits per heavy atom. The molecular formula is C14H21N5. The molecule has 0 saturated heterocycles. The first kappa shape index (κ1) is 13.7. The molecule has 0 aliphatic heterocycles. The smallest absolute Gasteiger partial charge is 0.0759 e. The summed E-state index contributed by atoms with van der Waals surface area (Å²) < 4.78 is 1.99. The highest BCUT2D eigenvalue weighted by molar-refractivity contribution is 5.14. The summed E-state index contributed by atoms with van der Waals surface area (Å²) in [5, 5.41) is 11.7. The van der Waals surface area contributed by atoms with Crippen LogP contribution in [-0.4, -0.2) is 26.5 Å². The van der Waals surface area contributed by atoms with Gasteiger partial charge in [0.1, 0.15) is 0 Å². The van der Waals surface area contributed by atoms with Crippen LogP contribution < -0.4 is 5.32 Å². The van der Waals surface area contributed by atoms with Crippen LogP contribution in [0.15, 0.2) is 30.7 Å². The first-order valence-corrected chi connectivity index (χ1v) is 6.85. The highest BCUT2D eigenvalue weighted by Gasteiger charge is 2.16. The van der Waals surface area contributed by atoms with Crippen molar-refractivity contribution in [2.45, 2.75) is 39.3 Å². The van der Waals surface area contributed by atoms with Crippen molar-refractivity contribution in [1.29, 1.82) is 0 Å². The third-order valence-electron chi connectivity index (χ3n) is 3.05. The van der Waals surface area contributed by atoms with E-state index in [0.717, 1.165) is 31.6 Å². The summed E-state index contributed by atoms with van der Waals surface area (Å²) >= 11 is 0. The van der Waals surface area contributed by atoms with Gasteiger partial charge in [0.05, 0.1) is 17.9 Å². The van der Waals surface area contributed by atoms with Gasteiger partial charge in [0.25, 0.3) is 0 Å². The van der Waals surface area contributed by atoms with Gasteiger partial charge in [0, 0.05) is 18.9 Å². The lowest BCUT2D eigenvalue weighted by atomic mass is 10.1. The molecule has 102 valence electrons. The van der Waals surface area contributed by atoms with Gasteiger partial charge in [-0.05, 0) is 31.0 Å². The SMILES string of the molecule is CCCn1nncc1C(Cc1cccnc1)NCC. The van der Waals surface area contributed by atoms with E-state index in [1.807, 2.05) is 23.1 Å². The average molecular weight is 259 g/mol. The Morgan fingerprint density at radius 3 is 2.89 bits per heavy atom. The number of rotatable bonds is 7. The molecule has 2 aromatic rings. The Morgan fingerprint density at radius 2 is 2.21 bits per heavy atom. The summed E-state index contributed by atoms with van der Waals surface area (Å²) in [5.41, 5.74) is 2.37. The largest absolute Gasteiger partial charge is 0.309 e. The lowest BCUT2D eigenvalue weighted by Crippen LogP contribution is -2.25. The van der Waals surface area contributed by atoms with Crippen molar-refractivity contribution in [2.75, 3.05) is 6.54 Å². The molecule has 0 amide bonds. The van der Waals surface area contributed by atoms with Crippen LogP contribution in [-0.2, 0) is 13.0 Å². The van der Waals surface area contributed by atoms with E-state index < -0.39 is 0 Å². The minimum Gasteiger partial charge on any atom is -0.309 e. The summed E-state index contributed by atoms with van der Waals surface area (Å²) in [6.45, 7) is 6.09. The van der Waals surface area contributed by atoms with Crippen LogP contribution >= 0.6 is 0 Å². The monoisotopic (exact) mass is 259 g/mol. The highest BCUT2D eigenvalue weighted by atomic mass is 15.4. The van der Waals surface area contributed by atoms with Gasteiger partial charge in [-0.2, -0.15) is 0 Å². The van der Waals surface area contributed by atoms with Gasteiger partial charge >= 0.3 is 0 Å². The number of likely N-dealkylation sites (N-methyl/N-ethyl adjacent to an activating group) is 1. The molecule has 2 heterocycles. The van der Waals surface area contributed by atoms with Gasteiger partial charge in [-0.3, -0.25) is 4.98 Å². The zero-order chi connectivity index (χ0) is 13.5. The normalized spacial score (nSPS) is 12.5. The predicted octanol–water partition coefficient (Wildman–Crippen LogP) is 1.98. The molecule has 5 nitrogen and oxygen atoms in total. The van der Waals surface area contributed by atoms with Crippen LogP contribution in [0.1, 0.15) is 37.6 Å². The molecule has 19 heavy (non-hydrogen) atoms. The van der Waals surface area contributed by atoms with E-state index in [1.54, 1.807) is 6.20 Å². The van der Waals surface area contributed by atoms with Crippen molar-refractivity contribution >= 4 is 0 Å². The molecule has 0 bridgehead atoms. The van der Waals surface area contributed by atoms with Crippen molar-refractivity contribution in [2.24, 2.45) is 0 Å². The second-order valence-electron chi connectivity index (χ2n) is 4.56. The van der Waals surface area contributed by atoms with Gasteiger partial charge in [-0.25, -0.2) is 4.68 Å². The maximum atomic E-state index is 4.17. The van der Waals surface area contributed by atoms with Crippen molar-refractivity contribution in [3.63, 3.8) is 0 Å². The van der Waals surface area contributed by atoms with Crippen molar-refractivity contribution < 1.29 is 0 Å². The zero-order valence-electron chi connectivity index (χ0n) is 11.6. The first-order valence-electron chi connectivity index (χ1n) is 6.85. The third kappa shape index (κ3) is 3.61. The Bertz CT molecular complexity index is 480. The Hall–Kier alpha value is -1.75. The summed E-state index contributed by atoms with van der Waals surface area (Å²) in [5.74, 6) is 0. The number of hydrogen-bond acceptors (Lipinski definition) is 4. The molecule has 0 aromatic carbocycles. The summed E-state index contributed by atoms with van der Waals surface area (Å²) in [4.78, 5) is 4.17. The lowest BCUT2D eigenvalue weighted by Gasteiger charge is -2.18. The fourth-order valence-electron chi connectivity index (χ4n) is 2.20. The molecule has 1 unspecified atom stereocenters. The molecular weight excluding hydrogens is 238 g/mol. The number of nitrogens with one attached hydrogen (secondary N) is 1. The topological polar surface area (TPSA) is 55.6 Å². The maximum absolute atomic E-state index is 4.17. The summed E-state index contributed by atoms with van der Waals surface area (Å²) in [6, 6.07) is 4.31. The molecule has 0 radical (unpaired) electrons. The highest BCUT2D eigenvalue weighted by Crippen LogP contribution is 2.17. The minimum absolute atomic E-state index is 0.232. The van der Waals surface area contributed by atoms with Crippen LogP contribution in [0.25, 0.3) is 0 Å². The van der Waals surface area contributed by atoms with E-state index in [4.69, 9.17) is 0 Å².